The van der Waals surface area contributed by atoms with Crippen molar-refractivity contribution in [2.75, 3.05) is 24.5 Å². The summed E-state index contributed by atoms with van der Waals surface area (Å²) in [5.41, 5.74) is 3.53. The molecule has 1 fully saturated rings. The first kappa shape index (κ1) is 21.2. The van der Waals surface area contributed by atoms with Crippen LogP contribution in [0.25, 0.3) is 22.1 Å². The van der Waals surface area contributed by atoms with Crippen LogP contribution in [0.2, 0.25) is 0 Å². The van der Waals surface area contributed by atoms with Gasteiger partial charge in [0.1, 0.15) is 5.52 Å². The number of amides is 1. The summed E-state index contributed by atoms with van der Waals surface area (Å²) in [4.78, 5) is 40.0. The van der Waals surface area contributed by atoms with E-state index in [1.807, 2.05) is 42.3 Å². The summed E-state index contributed by atoms with van der Waals surface area (Å²) in [6.45, 7) is 4.36. The normalized spacial score (nSPS) is 14.8. The molecule has 8 heteroatoms. The van der Waals surface area contributed by atoms with Crippen LogP contribution < -0.4 is 15.8 Å². The van der Waals surface area contributed by atoms with Gasteiger partial charge in [0, 0.05) is 55.4 Å². The fourth-order valence-electron chi connectivity index (χ4n) is 4.72. The van der Waals surface area contributed by atoms with Crippen LogP contribution >= 0.6 is 0 Å². The van der Waals surface area contributed by atoms with E-state index < -0.39 is 0 Å². The molecule has 4 heterocycles. The standard InChI is InChI=1S/C25H28N6O2/c1-2-31-22-21(8-5-12-26-22)29-23(25(31)33)30-14-10-17(11-15-30)24(32)27-13-9-18-16-28-20-7-4-3-6-19(18)20/h3-8,12,16-17,28H,2,9-11,13-15H2,1H3,(H,27,32). The number of aryl methyl sites for hydroxylation is 1. The van der Waals surface area contributed by atoms with Crippen LogP contribution in [0.1, 0.15) is 25.3 Å². The second-order valence-electron chi connectivity index (χ2n) is 8.49. The number of aromatic amines is 1. The van der Waals surface area contributed by atoms with Crippen molar-refractivity contribution in [1.82, 2.24) is 24.8 Å². The predicted molar refractivity (Wildman–Crippen MR) is 129 cm³/mol. The summed E-state index contributed by atoms with van der Waals surface area (Å²) < 4.78 is 1.67. The molecule has 0 atom stereocenters. The molecule has 1 saturated heterocycles. The number of piperidine rings is 1. The van der Waals surface area contributed by atoms with Gasteiger partial charge in [-0.05, 0) is 49.9 Å². The molecule has 1 amide bonds. The van der Waals surface area contributed by atoms with E-state index >= 15 is 0 Å². The molecule has 8 nitrogen and oxygen atoms in total. The first-order chi connectivity index (χ1) is 16.2. The van der Waals surface area contributed by atoms with Crippen molar-refractivity contribution in [2.45, 2.75) is 32.7 Å². The van der Waals surface area contributed by atoms with Crippen molar-refractivity contribution in [3.63, 3.8) is 0 Å². The molecule has 1 aromatic carbocycles. The summed E-state index contributed by atoms with van der Waals surface area (Å²) in [6, 6.07) is 11.9. The highest BCUT2D eigenvalue weighted by molar-refractivity contribution is 5.83. The Balaban J connectivity index is 1.20. The molecule has 0 radical (unpaired) electrons. The number of anilines is 1. The molecule has 0 spiro atoms. The molecule has 0 bridgehead atoms. The highest BCUT2D eigenvalue weighted by Crippen LogP contribution is 2.22. The number of nitrogens with one attached hydrogen (secondary N) is 2. The molecule has 0 aliphatic carbocycles. The fourth-order valence-corrected chi connectivity index (χ4v) is 4.72. The molecular weight excluding hydrogens is 416 g/mol. The molecule has 170 valence electrons. The van der Waals surface area contributed by atoms with Gasteiger partial charge in [0.05, 0.1) is 0 Å². The minimum absolute atomic E-state index is 0.0419. The Labute approximate surface area is 191 Å². The SMILES string of the molecule is CCn1c(=O)c(N2CCC(C(=O)NCCc3c[nH]c4ccccc34)CC2)nc2cccnc21. The zero-order valence-corrected chi connectivity index (χ0v) is 18.8. The maximum atomic E-state index is 13.0. The number of rotatable bonds is 6. The van der Waals surface area contributed by atoms with Gasteiger partial charge < -0.3 is 15.2 Å². The molecule has 5 rings (SSSR count). The number of benzene rings is 1. The number of hydrogen-bond donors (Lipinski definition) is 2. The minimum atomic E-state index is -0.120. The summed E-state index contributed by atoms with van der Waals surface area (Å²) in [7, 11) is 0. The van der Waals surface area contributed by atoms with Crippen LogP contribution in [0.4, 0.5) is 5.82 Å². The van der Waals surface area contributed by atoms with Crippen molar-refractivity contribution < 1.29 is 4.79 Å². The molecule has 2 N–H and O–H groups in total. The van der Waals surface area contributed by atoms with Gasteiger partial charge in [-0.3, -0.25) is 14.2 Å². The van der Waals surface area contributed by atoms with Gasteiger partial charge in [-0.25, -0.2) is 9.97 Å². The van der Waals surface area contributed by atoms with E-state index in [9.17, 15) is 9.59 Å². The van der Waals surface area contributed by atoms with Crippen LogP contribution in [-0.4, -0.2) is 45.1 Å². The van der Waals surface area contributed by atoms with E-state index in [4.69, 9.17) is 0 Å². The molecule has 4 aromatic rings. The van der Waals surface area contributed by atoms with Crippen molar-refractivity contribution in [2.24, 2.45) is 5.92 Å². The Morgan fingerprint density at radius 1 is 1.18 bits per heavy atom. The van der Waals surface area contributed by atoms with Crippen molar-refractivity contribution in [3.05, 3.63) is 64.7 Å². The second kappa shape index (κ2) is 9.05. The number of para-hydroxylation sites is 1. The molecule has 33 heavy (non-hydrogen) atoms. The molecular formula is C25H28N6O2. The molecule has 1 aliphatic heterocycles. The van der Waals surface area contributed by atoms with Gasteiger partial charge in [0.2, 0.25) is 5.91 Å². The van der Waals surface area contributed by atoms with Crippen molar-refractivity contribution in [3.8, 4) is 0 Å². The van der Waals surface area contributed by atoms with Crippen LogP contribution in [-0.2, 0) is 17.8 Å². The first-order valence-corrected chi connectivity index (χ1v) is 11.6. The number of aromatic nitrogens is 4. The number of hydrogen-bond acceptors (Lipinski definition) is 5. The largest absolute Gasteiger partial charge is 0.361 e. The number of pyridine rings is 1. The summed E-state index contributed by atoms with van der Waals surface area (Å²) in [6.07, 6.45) is 5.90. The number of H-pyrrole nitrogens is 1. The van der Waals surface area contributed by atoms with Crippen LogP contribution in [0.15, 0.2) is 53.6 Å². The van der Waals surface area contributed by atoms with Gasteiger partial charge in [-0.1, -0.05) is 18.2 Å². The number of nitrogens with zero attached hydrogens (tertiary/aromatic N) is 4. The van der Waals surface area contributed by atoms with Crippen LogP contribution in [0, 0.1) is 5.92 Å². The second-order valence-corrected chi connectivity index (χ2v) is 8.49. The number of carbonyl (C=O) groups is 1. The highest BCUT2D eigenvalue weighted by Gasteiger charge is 2.27. The summed E-state index contributed by atoms with van der Waals surface area (Å²) >= 11 is 0. The third kappa shape index (κ3) is 4.08. The lowest BCUT2D eigenvalue weighted by Gasteiger charge is -2.32. The van der Waals surface area contributed by atoms with Gasteiger partial charge in [-0.2, -0.15) is 0 Å². The Kier molecular flexibility index (Phi) is 5.81. The Bertz CT molecular complexity index is 1350. The monoisotopic (exact) mass is 444 g/mol. The zero-order valence-electron chi connectivity index (χ0n) is 18.8. The lowest BCUT2D eigenvalue weighted by atomic mass is 9.96. The van der Waals surface area contributed by atoms with E-state index in [1.165, 1.54) is 10.9 Å². The van der Waals surface area contributed by atoms with E-state index in [2.05, 4.69) is 32.4 Å². The molecule has 3 aromatic heterocycles. The topological polar surface area (TPSA) is 95.9 Å². The molecule has 0 unspecified atom stereocenters. The lowest BCUT2D eigenvalue weighted by molar-refractivity contribution is -0.125. The maximum absolute atomic E-state index is 13.0. The van der Waals surface area contributed by atoms with Crippen molar-refractivity contribution in [1.29, 1.82) is 0 Å². The lowest BCUT2D eigenvalue weighted by Crippen LogP contribution is -2.43. The van der Waals surface area contributed by atoms with E-state index in [1.54, 1.807) is 10.8 Å². The molecule has 1 aliphatic rings. The average molecular weight is 445 g/mol. The van der Waals surface area contributed by atoms with Gasteiger partial charge in [0.15, 0.2) is 11.5 Å². The van der Waals surface area contributed by atoms with Crippen LogP contribution in [0.3, 0.4) is 0 Å². The Hall–Kier alpha value is -3.68. The Morgan fingerprint density at radius 2 is 2.00 bits per heavy atom. The fraction of sp³-hybridized carbons (Fsp3) is 0.360. The Morgan fingerprint density at radius 3 is 2.82 bits per heavy atom. The van der Waals surface area contributed by atoms with E-state index in [0.29, 0.717) is 56.0 Å². The van der Waals surface area contributed by atoms with E-state index in [0.717, 1.165) is 11.9 Å². The third-order valence-corrected chi connectivity index (χ3v) is 6.53. The predicted octanol–water partition coefficient (Wildman–Crippen LogP) is 2.87. The summed E-state index contributed by atoms with van der Waals surface area (Å²) in [5.74, 6) is 0.506. The minimum Gasteiger partial charge on any atom is -0.361 e. The molecule has 0 saturated carbocycles. The quantitative estimate of drug-likeness (QED) is 0.477. The third-order valence-electron chi connectivity index (χ3n) is 6.53. The highest BCUT2D eigenvalue weighted by atomic mass is 16.2. The summed E-state index contributed by atoms with van der Waals surface area (Å²) in [5, 5.41) is 4.31. The van der Waals surface area contributed by atoms with Gasteiger partial charge in [0.25, 0.3) is 5.56 Å². The van der Waals surface area contributed by atoms with Gasteiger partial charge >= 0.3 is 0 Å². The maximum Gasteiger partial charge on any atom is 0.295 e. The smallest absolute Gasteiger partial charge is 0.295 e. The number of fused-ring (bicyclic) bond motifs is 2. The zero-order chi connectivity index (χ0) is 22.8. The van der Waals surface area contributed by atoms with Crippen molar-refractivity contribution >= 4 is 33.8 Å². The first-order valence-electron chi connectivity index (χ1n) is 11.6. The average Bonchev–Trinajstić information content (AvgIpc) is 3.27. The van der Waals surface area contributed by atoms with Crippen LogP contribution in [0.5, 0.6) is 0 Å². The number of carbonyl (C=O) groups excluding carboxylic acids is 1. The van der Waals surface area contributed by atoms with E-state index in [-0.39, 0.29) is 17.4 Å². The van der Waals surface area contributed by atoms with Gasteiger partial charge in [-0.15, -0.1) is 0 Å².